The standard InChI is InChI=1S/C18H24N2O5/c1-4-25-15-9-12(6-5-11(15)2)17(22)20-10-13(16(21)19-3)7-8-14(20)18(23)24/h5-6,9,13-14H,4,7-8,10H2,1-3H3,(H,19,21)(H,23,24)/t13-,14-/m0/s1. The van der Waals surface area contributed by atoms with E-state index >= 15 is 0 Å². The summed E-state index contributed by atoms with van der Waals surface area (Å²) in [4.78, 5) is 37.7. The zero-order valence-corrected chi connectivity index (χ0v) is 14.7. The Morgan fingerprint density at radius 2 is 2.04 bits per heavy atom. The van der Waals surface area contributed by atoms with Gasteiger partial charge in [0.2, 0.25) is 5.91 Å². The second kappa shape index (κ2) is 8.00. The first-order valence-corrected chi connectivity index (χ1v) is 8.37. The summed E-state index contributed by atoms with van der Waals surface area (Å²) >= 11 is 0. The number of nitrogens with one attached hydrogen (secondary N) is 1. The topological polar surface area (TPSA) is 95.9 Å². The van der Waals surface area contributed by atoms with Crippen molar-refractivity contribution in [2.75, 3.05) is 20.2 Å². The molecule has 0 aromatic heterocycles. The predicted molar refractivity (Wildman–Crippen MR) is 91.6 cm³/mol. The number of likely N-dealkylation sites (tertiary alicyclic amines) is 1. The monoisotopic (exact) mass is 348 g/mol. The Morgan fingerprint density at radius 3 is 2.64 bits per heavy atom. The number of aliphatic carboxylic acids is 1. The second-order valence-corrected chi connectivity index (χ2v) is 6.11. The number of rotatable bonds is 5. The maximum absolute atomic E-state index is 12.9. The van der Waals surface area contributed by atoms with E-state index in [1.165, 1.54) is 11.9 Å². The summed E-state index contributed by atoms with van der Waals surface area (Å²) in [5, 5.41) is 12.0. The lowest BCUT2D eigenvalue weighted by Gasteiger charge is -2.36. The van der Waals surface area contributed by atoms with E-state index in [-0.39, 0.29) is 18.9 Å². The molecule has 0 aliphatic carbocycles. The Labute approximate surface area is 147 Å². The van der Waals surface area contributed by atoms with E-state index in [0.717, 1.165) is 5.56 Å². The third-order valence-electron chi connectivity index (χ3n) is 4.48. The molecule has 25 heavy (non-hydrogen) atoms. The fourth-order valence-electron chi connectivity index (χ4n) is 3.08. The van der Waals surface area contributed by atoms with Crippen LogP contribution in [0, 0.1) is 12.8 Å². The highest BCUT2D eigenvalue weighted by molar-refractivity contribution is 5.97. The summed E-state index contributed by atoms with van der Waals surface area (Å²) in [5.41, 5.74) is 1.26. The first kappa shape index (κ1) is 18.8. The molecule has 0 saturated carbocycles. The molecule has 0 spiro atoms. The molecule has 1 aliphatic rings. The van der Waals surface area contributed by atoms with Gasteiger partial charge >= 0.3 is 5.97 Å². The van der Waals surface area contributed by atoms with Crippen LogP contribution in [0.1, 0.15) is 35.7 Å². The number of aryl methyl sites for hydroxylation is 1. The van der Waals surface area contributed by atoms with Gasteiger partial charge in [-0.2, -0.15) is 0 Å². The number of hydrogen-bond acceptors (Lipinski definition) is 4. The number of piperidine rings is 1. The molecular formula is C18H24N2O5. The summed E-state index contributed by atoms with van der Waals surface area (Å²) in [6.45, 7) is 4.29. The number of carboxylic acid groups (broad SMARTS) is 1. The summed E-state index contributed by atoms with van der Waals surface area (Å²) in [6, 6.07) is 4.13. The minimum atomic E-state index is -1.05. The van der Waals surface area contributed by atoms with Gasteiger partial charge in [-0.3, -0.25) is 9.59 Å². The van der Waals surface area contributed by atoms with Gasteiger partial charge in [0.05, 0.1) is 12.5 Å². The van der Waals surface area contributed by atoms with Crippen molar-refractivity contribution >= 4 is 17.8 Å². The molecule has 1 fully saturated rings. The Bertz CT molecular complexity index is 673. The highest BCUT2D eigenvalue weighted by atomic mass is 16.5. The molecule has 1 aliphatic heterocycles. The molecule has 1 heterocycles. The molecule has 2 atom stereocenters. The van der Waals surface area contributed by atoms with Gasteiger partial charge in [0.25, 0.3) is 5.91 Å². The fraction of sp³-hybridized carbons (Fsp3) is 0.500. The highest BCUT2D eigenvalue weighted by Gasteiger charge is 2.38. The SMILES string of the molecule is CCOc1cc(C(=O)N2C[C@@H](C(=O)NC)CC[C@H]2C(=O)O)ccc1C. The van der Waals surface area contributed by atoms with Gasteiger partial charge in [0, 0.05) is 19.2 Å². The van der Waals surface area contributed by atoms with Crippen LogP contribution in [0.4, 0.5) is 0 Å². The average Bonchev–Trinajstić information content (AvgIpc) is 2.61. The molecule has 7 heteroatoms. The van der Waals surface area contributed by atoms with E-state index in [4.69, 9.17) is 4.74 Å². The number of carbonyl (C=O) groups is 3. The van der Waals surface area contributed by atoms with Crippen LogP contribution in [0.15, 0.2) is 18.2 Å². The quantitative estimate of drug-likeness (QED) is 0.839. The number of benzene rings is 1. The van der Waals surface area contributed by atoms with E-state index in [9.17, 15) is 19.5 Å². The van der Waals surface area contributed by atoms with E-state index in [0.29, 0.717) is 24.3 Å². The minimum Gasteiger partial charge on any atom is -0.494 e. The van der Waals surface area contributed by atoms with Gasteiger partial charge in [0.15, 0.2) is 0 Å². The number of ether oxygens (including phenoxy) is 1. The number of nitrogens with zero attached hydrogens (tertiary/aromatic N) is 1. The van der Waals surface area contributed by atoms with E-state index in [1.54, 1.807) is 18.2 Å². The first-order chi connectivity index (χ1) is 11.9. The maximum atomic E-state index is 12.9. The first-order valence-electron chi connectivity index (χ1n) is 8.37. The van der Waals surface area contributed by atoms with Crippen molar-refractivity contribution < 1.29 is 24.2 Å². The lowest BCUT2D eigenvalue weighted by molar-refractivity contribution is -0.145. The maximum Gasteiger partial charge on any atom is 0.326 e. The highest BCUT2D eigenvalue weighted by Crippen LogP contribution is 2.26. The molecule has 0 bridgehead atoms. The van der Waals surface area contributed by atoms with Crippen LogP contribution in [0.2, 0.25) is 0 Å². The van der Waals surface area contributed by atoms with E-state index < -0.39 is 23.8 Å². The van der Waals surface area contributed by atoms with Crippen molar-refractivity contribution in [2.45, 2.75) is 32.7 Å². The molecule has 136 valence electrons. The van der Waals surface area contributed by atoms with E-state index in [1.807, 2.05) is 13.8 Å². The molecule has 2 amide bonds. The Kier molecular flexibility index (Phi) is 6.01. The smallest absolute Gasteiger partial charge is 0.326 e. The molecule has 1 saturated heterocycles. The summed E-state index contributed by atoms with van der Waals surface area (Å²) < 4.78 is 5.51. The van der Waals surface area contributed by atoms with Crippen molar-refractivity contribution in [3.8, 4) is 5.75 Å². The van der Waals surface area contributed by atoms with Crippen molar-refractivity contribution in [1.82, 2.24) is 10.2 Å². The van der Waals surface area contributed by atoms with Crippen LogP contribution in [0.3, 0.4) is 0 Å². The van der Waals surface area contributed by atoms with Crippen LogP contribution < -0.4 is 10.1 Å². The lowest BCUT2D eigenvalue weighted by Crippen LogP contribution is -2.53. The van der Waals surface area contributed by atoms with Crippen LogP contribution in [-0.2, 0) is 9.59 Å². The lowest BCUT2D eigenvalue weighted by atomic mass is 9.91. The molecule has 1 aromatic rings. The largest absolute Gasteiger partial charge is 0.494 e. The summed E-state index contributed by atoms with van der Waals surface area (Å²) in [6.07, 6.45) is 0.696. The molecule has 0 unspecified atom stereocenters. The molecule has 2 N–H and O–H groups in total. The number of carboxylic acids is 1. The fourth-order valence-corrected chi connectivity index (χ4v) is 3.08. The van der Waals surface area contributed by atoms with Gasteiger partial charge in [-0.1, -0.05) is 6.07 Å². The summed E-state index contributed by atoms with van der Waals surface area (Å²) in [7, 11) is 1.53. The van der Waals surface area contributed by atoms with Gasteiger partial charge < -0.3 is 20.1 Å². The van der Waals surface area contributed by atoms with Crippen molar-refractivity contribution in [3.63, 3.8) is 0 Å². The molecule has 0 radical (unpaired) electrons. The van der Waals surface area contributed by atoms with Crippen molar-refractivity contribution in [3.05, 3.63) is 29.3 Å². The third kappa shape index (κ3) is 4.10. The van der Waals surface area contributed by atoms with Crippen LogP contribution in [-0.4, -0.2) is 54.0 Å². The number of carbonyl (C=O) groups excluding carboxylic acids is 2. The van der Waals surface area contributed by atoms with E-state index in [2.05, 4.69) is 5.32 Å². The number of amides is 2. The van der Waals surface area contributed by atoms with Crippen LogP contribution in [0.5, 0.6) is 5.75 Å². The Hall–Kier alpha value is -2.57. The third-order valence-corrected chi connectivity index (χ3v) is 4.48. The van der Waals surface area contributed by atoms with Crippen molar-refractivity contribution in [2.24, 2.45) is 5.92 Å². The average molecular weight is 348 g/mol. The zero-order chi connectivity index (χ0) is 18.6. The molecule has 1 aromatic carbocycles. The normalized spacial score (nSPS) is 20.0. The van der Waals surface area contributed by atoms with Gasteiger partial charge in [-0.25, -0.2) is 4.79 Å². The van der Waals surface area contributed by atoms with Gasteiger partial charge in [-0.15, -0.1) is 0 Å². The van der Waals surface area contributed by atoms with Gasteiger partial charge in [-0.05, 0) is 44.4 Å². The number of hydrogen-bond donors (Lipinski definition) is 2. The minimum absolute atomic E-state index is 0.0906. The summed E-state index contributed by atoms with van der Waals surface area (Å²) in [5.74, 6) is -1.44. The Balaban J connectivity index is 2.30. The second-order valence-electron chi connectivity index (χ2n) is 6.11. The van der Waals surface area contributed by atoms with Crippen LogP contribution >= 0.6 is 0 Å². The van der Waals surface area contributed by atoms with Gasteiger partial charge in [0.1, 0.15) is 11.8 Å². The van der Waals surface area contributed by atoms with Crippen molar-refractivity contribution in [1.29, 1.82) is 0 Å². The molecular weight excluding hydrogens is 324 g/mol. The zero-order valence-electron chi connectivity index (χ0n) is 14.7. The molecule has 7 nitrogen and oxygen atoms in total. The van der Waals surface area contributed by atoms with Crippen LogP contribution in [0.25, 0.3) is 0 Å². The predicted octanol–water partition coefficient (Wildman–Crippen LogP) is 1.45. The Morgan fingerprint density at radius 1 is 1.32 bits per heavy atom. The molecule has 2 rings (SSSR count).